The maximum absolute atomic E-state index is 5.81. The Bertz CT molecular complexity index is 826. The van der Waals surface area contributed by atoms with E-state index in [4.69, 9.17) is 21.7 Å². The SMILES string of the molecule is COc1cc2c(cc1OC)[C@H](c1ccccc1)N(C(=S)NCCCN(C)C)CC2. The van der Waals surface area contributed by atoms with E-state index in [1.165, 1.54) is 16.7 Å². The molecule has 1 heterocycles. The zero-order valence-corrected chi connectivity index (χ0v) is 18.6. The summed E-state index contributed by atoms with van der Waals surface area (Å²) >= 11 is 5.81. The Labute approximate surface area is 179 Å². The van der Waals surface area contributed by atoms with E-state index in [1.807, 2.05) is 6.07 Å². The summed E-state index contributed by atoms with van der Waals surface area (Å²) in [7, 11) is 7.54. The molecule has 1 atom stereocenters. The van der Waals surface area contributed by atoms with E-state index in [0.29, 0.717) is 0 Å². The topological polar surface area (TPSA) is 37.0 Å². The summed E-state index contributed by atoms with van der Waals surface area (Å²) in [6.45, 7) is 2.77. The molecule has 0 saturated heterocycles. The van der Waals surface area contributed by atoms with Crippen molar-refractivity contribution in [2.24, 2.45) is 0 Å². The molecular formula is C23H31N3O2S. The molecule has 0 amide bonds. The van der Waals surface area contributed by atoms with Gasteiger partial charge in [-0.15, -0.1) is 0 Å². The zero-order valence-electron chi connectivity index (χ0n) is 17.8. The number of thiocarbonyl (C=S) groups is 1. The second-order valence-electron chi connectivity index (χ2n) is 7.55. The summed E-state index contributed by atoms with van der Waals surface area (Å²) in [6.07, 6.45) is 1.97. The summed E-state index contributed by atoms with van der Waals surface area (Å²) in [6, 6.07) is 14.8. The van der Waals surface area contributed by atoms with Gasteiger partial charge in [-0.3, -0.25) is 0 Å². The third-order valence-electron chi connectivity index (χ3n) is 5.31. The predicted molar refractivity (Wildman–Crippen MR) is 122 cm³/mol. The number of ether oxygens (including phenoxy) is 2. The van der Waals surface area contributed by atoms with Crippen molar-refractivity contribution in [1.29, 1.82) is 0 Å². The number of nitrogens with one attached hydrogen (secondary N) is 1. The van der Waals surface area contributed by atoms with Gasteiger partial charge in [0.1, 0.15) is 0 Å². The number of hydrogen-bond acceptors (Lipinski definition) is 4. The minimum Gasteiger partial charge on any atom is -0.493 e. The van der Waals surface area contributed by atoms with Gasteiger partial charge in [0.2, 0.25) is 0 Å². The van der Waals surface area contributed by atoms with Crippen LogP contribution in [0.4, 0.5) is 0 Å². The first-order valence-electron chi connectivity index (χ1n) is 10.0. The van der Waals surface area contributed by atoms with Crippen LogP contribution in [0.1, 0.15) is 29.2 Å². The van der Waals surface area contributed by atoms with Crippen LogP contribution >= 0.6 is 12.2 Å². The standard InChI is InChI=1S/C23H31N3O2S/c1-25(2)13-8-12-24-23(29)26-14-11-18-15-20(27-3)21(28-4)16-19(18)22(26)17-9-6-5-7-10-17/h5-7,9-10,15-16,22H,8,11-14H2,1-4H3,(H,24,29)/t22-/m0/s1. The van der Waals surface area contributed by atoms with Crippen LogP contribution in [-0.2, 0) is 6.42 Å². The Hall–Kier alpha value is -2.31. The Kier molecular flexibility index (Phi) is 7.34. The maximum Gasteiger partial charge on any atom is 0.169 e. The molecule has 0 aliphatic carbocycles. The Balaban J connectivity index is 1.91. The van der Waals surface area contributed by atoms with E-state index in [-0.39, 0.29) is 6.04 Å². The van der Waals surface area contributed by atoms with E-state index >= 15 is 0 Å². The van der Waals surface area contributed by atoms with Crippen molar-refractivity contribution < 1.29 is 9.47 Å². The quantitative estimate of drug-likeness (QED) is 0.553. The van der Waals surface area contributed by atoms with E-state index in [0.717, 1.165) is 49.1 Å². The van der Waals surface area contributed by atoms with Crippen molar-refractivity contribution in [1.82, 2.24) is 15.1 Å². The Morgan fingerprint density at radius 2 is 1.83 bits per heavy atom. The molecule has 2 aromatic carbocycles. The van der Waals surface area contributed by atoms with Crippen LogP contribution in [0.15, 0.2) is 42.5 Å². The molecule has 6 heteroatoms. The van der Waals surface area contributed by atoms with Crippen LogP contribution < -0.4 is 14.8 Å². The number of methoxy groups -OCH3 is 2. The van der Waals surface area contributed by atoms with Gasteiger partial charge in [0, 0.05) is 13.1 Å². The highest BCUT2D eigenvalue weighted by atomic mass is 32.1. The van der Waals surface area contributed by atoms with Crippen LogP contribution in [0.3, 0.4) is 0 Å². The van der Waals surface area contributed by atoms with Crippen molar-refractivity contribution in [3.05, 3.63) is 59.2 Å². The molecule has 0 unspecified atom stereocenters. The molecule has 1 N–H and O–H groups in total. The van der Waals surface area contributed by atoms with Gasteiger partial charge in [0.25, 0.3) is 0 Å². The van der Waals surface area contributed by atoms with E-state index < -0.39 is 0 Å². The van der Waals surface area contributed by atoms with Crippen LogP contribution in [0.25, 0.3) is 0 Å². The fourth-order valence-electron chi connectivity index (χ4n) is 3.85. The highest BCUT2D eigenvalue weighted by Gasteiger charge is 2.31. The number of benzene rings is 2. The van der Waals surface area contributed by atoms with Gasteiger partial charge in [-0.25, -0.2) is 0 Å². The van der Waals surface area contributed by atoms with Crippen molar-refractivity contribution in [2.45, 2.75) is 18.9 Å². The molecule has 1 aliphatic rings. The van der Waals surface area contributed by atoms with Gasteiger partial charge in [-0.1, -0.05) is 30.3 Å². The number of nitrogens with zero attached hydrogens (tertiary/aromatic N) is 2. The normalized spacial score (nSPS) is 15.8. The summed E-state index contributed by atoms with van der Waals surface area (Å²) in [5.74, 6) is 1.52. The molecule has 0 spiro atoms. The highest BCUT2D eigenvalue weighted by Crippen LogP contribution is 2.40. The van der Waals surface area contributed by atoms with Gasteiger partial charge >= 0.3 is 0 Å². The van der Waals surface area contributed by atoms with Crippen molar-refractivity contribution in [2.75, 3.05) is 47.9 Å². The largest absolute Gasteiger partial charge is 0.493 e. The van der Waals surface area contributed by atoms with Crippen molar-refractivity contribution in [3.63, 3.8) is 0 Å². The van der Waals surface area contributed by atoms with Gasteiger partial charge in [0.15, 0.2) is 16.6 Å². The van der Waals surface area contributed by atoms with Crippen LogP contribution in [0, 0.1) is 0 Å². The molecule has 0 bridgehead atoms. The Morgan fingerprint density at radius 3 is 2.48 bits per heavy atom. The smallest absolute Gasteiger partial charge is 0.169 e. The summed E-state index contributed by atoms with van der Waals surface area (Å²) in [5, 5.41) is 4.27. The molecule has 2 aromatic rings. The second kappa shape index (κ2) is 9.94. The van der Waals surface area contributed by atoms with Crippen molar-refractivity contribution in [3.8, 4) is 11.5 Å². The molecule has 1 aliphatic heterocycles. The molecular weight excluding hydrogens is 382 g/mol. The summed E-state index contributed by atoms with van der Waals surface area (Å²) < 4.78 is 11.1. The Morgan fingerprint density at radius 1 is 1.14 bits per heavy atom. The number of fused-ring (bicyclic) bond motifs is 1. The molecule has 0 saturated carbocycles. The first kappa shape index (κ1) is 21.4. The molecule has 156 valence electrons. The molecule has 0 radical (unpaired) electrons. The first-order chi connectivity index (χ1) is 14.0. The van der Waals surface area contributed by atoms with E-state index in [2.05, 4.69) is 65.6 Å². The molecule has 0 aromatic heterocycles. The lowest BCUT2D eigenvalue weighted by atomic mass is 9.88. The van der Waals surface area contributed by atoms with Gasteiger partial charge in [0.05, 0.1) is 20.3 Å². The lowest BCUT2D eigenvalue weighted by Crippen LogP contribution is -2.46. The molecule has 3 rings (SSSR count). The molecule has 5 nitrogen and oxygen atoms in total. The third-order valence-corrected chi connectivity index (χ3v) is 5.69. The highest BCUT2D eigenvalue weighted by molar-refractivity contribution is 7.80. The van der Waals surface area contributed by atoms with Crippen LogP contribution in [0.5, 0.6) is 11.5 Å². The third kappa shape index (κ3) is 5.00. The minimum absolute atomic E-state index is 0.0496. The first-order valence-corrected chi connectivity index (χ1v) is 10.4. The van der Waals surface area contributed by atoms with Crippen LogP contribution in [0.2, 0.25) is 0 Å². The monoisotopic (exact) mass is 413 g/mol. The predicted octanol–water partition coefficient (Wildman–Crippen LogP) is 3.48. The van der Waals surface area contributed by atoms with Crippen LogP contribution in [-0.4, -0.2) is 62.9 Å². The van der Waals surface area contributed by atoms with Gasteiger partial charge in [-0.2, -0.15) is 0 Å². The average Bonchev–Trinajstić information content (AvgIpc) is 2.75. The fourth-order valence-corrected chi connectivity index (χ4v) is 4.15. The fraction of sp³-hybridized carbons (Fsp3) is 0.435. The van der Waals surface area contributed by atoms with Gasteiger partial charge in [-0.05, 0) is 74.5 Å². The minimum atomic E-state index is 0.0496. The molecule has 0 fully saturated rings. The second-order valence-corrected chi connectivity index (χ2v) is 7.94. The average molecular weight is 414 g/mol. The summed E-state index contributed by atoms with van der Waals surface area (Å²) in [4.78, 5) is 4.49. The zero-order chi connectivity index (χ0) is 20.8. The summed E-state index contributed by atoms with van der Waals surface area (Å²) in [5.41, 5.74) is 3.72. The van der Waals surface area contributed by atoms with Gasteiger partial charge < -0.3 is 24.6 Å². The lowest BCUT2D eigenvalue weighted by molar-refractivity contribution is 0.323. The van der Waals surface area contributed by atoms with Crippen molar-refractivity contribution >= 4 is 17.3 Å². The molecule has 29 heavy (non-hydrogen) atoms. The number of rotatable bonds is 7. The van der Waals surface area contributed by atoms with E-state index in [1.54, 1.807) is 14.2 Å². The van der Waals surface area contributed by atoms with E-state index in [9.17, 15) is 0 Å². The maximum atomic E-state index is 5.81. The lowest BCUT2D eigenvalue weighted by Gasteiger charge is -2.40. The number of hydrogen-bond donors (Lipinski definition) is 1.